The van der Waals surface area contributed by atoms with Crippen LogP contribution < -0.4 is 5.32 Å². The molecule has 1 atom stereocenters. The van der Waals surface area contributed by atoms with E-state index in [0.717, 1.165) is 16.0 Å². The molecule has 0 radical (unpaired) electrons. The van der Waals surface area contributed by atoms with Crippen LogP contribution in [-0.4, -0.2) is 21.7 Å². The first-order valence-electron chi connectivity index (χ1n) is 4.92. The topological polar surface area (TPSA) is 45.2 Å². The maximum absolute atomic E-state index is 9.57. The largest absolute Gasteiger partial charge is 0.391 e. The molecule has 1 aromatic heterocycles. The fourth-order valence-electron chi connectivity index (χ4n) is 1.05. The molecule has 0 amide bonds. The van der Waals surface area contributed by atoms with E-state index in [1.54, 1.807) is 6.92 Å². The number of aliphatic hydroxyl groups excluding tert-OH is 1. The van der Waals surface area contributed by atoms with Crippen molar-refractivity contribution in [2.24, 2.45) is 0 Å². The standard InChI is InChI=1S/C11H17BrN2O/c1-7-9(12)5-6-10(13-7)14-11(3,4)8(2)15/h5-6,8,15H,1-4H3,(H,13,14). The lowest BCUT2D eigenvalue weighted by molar-refractivity contribution is 0.133. The number of hydrogen-bond acceptors (Lipinski definition) is 3. The molecule has 4 heteroatoms. The summed E-state index contributed by atoms with van der Waals surface area (Å²) in [6.45, 7) is 7.58. The molecule has 1 aromatic rings. The van der Waals surface area contributed by atoms with Gasteiger partial charge < -0.3 is 10.4 Å². The lowest BCUT2D eigenvalue weighted by atomic mass is 9.99. The minimum Gasteiger partial charge on any atom is -0.391 e. The molecule has 1 rings (SSSR count). The van der Waals surface area contributed by atoms with Gasteiger partial charge in [0, 0.05) is 4.47 Å². The molecule has 0 aromatic carbocycles. The third-order valence-corrected chi connectivity index (χ3v) is 3.35. The van der Waals surface area contributed by atoms with Crippen molar-refractivity contribution in [3.05, 3.63) is 22.3 Å². The van der Waals surface area contributed by atoms with Gasteiger partial charge in [0.25, 0.3) is 0 Å². The van der Waals surface area contributed by atoms with Crippen LogP contribution in [0.3, 0.4) is 0 Å². The third kappa shape index (κ3) is 3.18. The lowest BCUT2D eigenvalue weighted by Gasteiger charge is -2.30. The summed E-state index contributed by atoms with van der Waals surface area (Å²) in [6, 6.07) is 3.84. The number of aliphatic hydroxyl groups is 1. The summed E-state index contributed by atoms with van der Waals surface area (Å²) < 4.78 is 0.989. The molecule has 0 saturated carbocycles. The number of aryl methyl sites for hydroxylation is 1. The van der Waals surface area contributed by atoms with Gasteiger partial charge in [-0.1, -0.05) is 0 Å². The molecule has 0 spiro atoms. The summed E-state index contributed by atoms with van der Waals surface area (Å²) in [5.74, 6) is 0.779. The van der Waals surface area contributed by atoms with Gasteiger partial charge in [0.2, 0.25) is 0 Å². The molecule has 2 N–H and O–H groups in total. The van der Waals surface area contributed by atoms with E-state index in [0.29, 0.717) is 0 Å². The molecule has 15 heavy (non-hydrogen) atoms. The van der Waals surface area contributed by atoms with Gasteiger partial charge in [-0.05, 0) is 55.8 Å². The van der Waals surface area contributed by atoms with Crippen LogP contribution in [0.5, 0.6) is 0 Å². The first-order valence-corrected chi connectivity index (χ1v) is 5.71. The zero-order chi connectivity index (χ0) is 11.6. The Morgan fingerprint density at radius 3 is 2.53 bits per heavy atom. The summed E-state index contributed by atoms with van der Waals surface area (Å²) in [5.41, 5.74) is 0.550. The van der Waals surface area contributed by atoms with Crippen molar-refractivity contribution in [2.75, 3.05) is 5.32 Å². The number of aromatic nitrogens is 1. The van der Waals surface area contributed by atoms with Crippen LogP contribution in [0.1, 0.15) is 26.5 Å². The van der Waals surface area contributed by atoms with Crippen molar-refractivity contribution in [1.82, 2.24) is 4.98 Å². The van der Waals surface area contributed by atoms with Crippen LogP contribution in [0.25, 0.3) is 0 Å². The van der Waals surface area contributed by atoms with Crippen LogP contribution in [0.4, 0.5) is 5.82 Å². The smallest absolute Gasteiger partial charge is 0.126 e. The number of nitrogens with one attached hydrogen (secondary N) is 1. The monoisotopic (exact) mass is 272 g/mol. The van der Waals surface area contributed by atoms with Crippen LogP contribution >= 0.6 is 15.9 Å². The molecule has 0 aliphatic carbocycles. The lowest BCUT2D eigenvalue weighted by Crippen LogP contribution is -2.42. The van der Waals surface area contributed by atoms with Crippen molar-refractivity contribution in [3.63, 3.8) is 0 Å². The van der Waals surface area contributed by atoms with Gasteiger partial charge in [-0.2, -0.15) is 0 Å². The van der Waals surface area contributed by atoms with E-state index < -0.39 is 6.10 Å². The quantitative estimate of drug-likeness (QED) is 0.890. The van der Waals surface area contributed by atoms with E-state index >= 15 is 0 Å². The second-order valence-corrected chi connectivity index (χ2v) is 5.14. The van der Waals surface area contributed by atoms with Crippen LogP contribution in [0, 0.1) is 6.92 Å². The fourth-order valence-corrected chi connectivity index (χ4v) is 1.27. The normalized spacial score (nSPS) is 13.7. The van der Waals surface area contributed by atoms with Gasteiger partial charge in [-0.25, -0.2) is 4.98 Å². The zero-order valence-corrected chi connectivity index (χ0v) is 11.1. The molecule has 0 aliphatic heterocycles. The van der Waals surface area contributed by atoms with E-state index in [1.807, 2.05) is 32.9 Å². The average molecular weight is 273 g/mol. The van der Waals surface area contributed by atoms with Crippen molar-refractivity contribution in [3.8, 4) is 0 Å². The summed E-state index contributed by atoms with van der Waals surface area (Å²) in [6.07, 6.45) is -0.441. The molecule has 0 fully saturated rings. The van der Waals surface area contributed by atoms with E-state index in [2.05, 4.69) is 26.2 Å². The Kier molecular flexibility index (Phi) is 3.73. The molecule has 0 saturated heterocycles. The van der Waals surface area contributed by atoms with E-state index in [-0.39, 0.29) is 5.54 Å². The van der Waals surface area contributed by atoms with Gasteiger partial charge >= 0.3 is 0 Å². The minimum absolute atomic E-state index is 0.382. The SMILES string of the molecule is Cc1nc(NC(C)(C)C(C)O)ccc1Br. The Morgan fingerprint density at radius 1 is 1.47 bits per heavy atom. The van der Waals surface area contributed by atoms with Crippen molar-refractivity contribution in [2.45, 2.75) is 39.3 Å². The molecule has 0 aliphatic rings. The molecule has 1 heterocycles. The maximum Gasteiger partial charge on any atom is 0.126 e. The molecule has 0 bridgehead atoms. The second kappa shape index (κ2) is 4.49. The Labute approximate surface area is 99.1 Å². The first kappa shape index (κ1) is 12.5. The summed E-state index contributed by atoms with van der Waals surface area (Å²) >= 11 is 3.40. The number of halogens is 1. The molecular weight excluding hydrogens is 256 g/mol. The Bertz CT molecular complexity index is 350. The predicted molar refractivity (Wildman–Crippen MR) is 66.1 cm³/mol. The highest BCUT2D eigenvalue weighted by molar-refractivity contribution is 9.10. The third-order valence-electron chi connectivity index (χ3n) is 2.52. The highest BCUT2D eigenvalue weighted by Gasteiger charge is 2.24. The molecule has 3 nitrogen and oxygen atoms in total. The van der Waals surface area contributed by atoms with Crippen molar-refractivity contribution < 1.29 is 5.11 Å². The predicted octanol–water partition coefficient (Wildman–Crippen LogP) is 2.72. The molecule has 1 unspecified atom stereocenters. The second-order valence-electron chi connectivity index (χ2n) is 4.29. The minimum atomic E-state index is -0.441. The van der Waals surface area contributed by atoms with Gasteiger partial charge in [-0.15, -0.1) is 0 Å². The van der Waals surface area contributed by atoms with Crippen LogP contribution in [0.2, 0.25) is 0 Å². The van der Waals surface area contributed by atoms with Gasteiger partial charge in [0.1, 0.15) is 5.82 Å². The van der Waals surface area contributed by atoms with Crippen molar-refractivity contribution >= 4 is 21.7 Å². The number of rotatable bonds is 3. The summed E-state index contributed by atoms with van der Waals surface area (Å²) in [5, 5.41) is 12.8. The van der Waals surface area contributed by atoms with Gasteiger partial charge in [-0.3, -0.25) is 0 Å². The summed E-state index contributed by atoms with van der Waals surface area (Å²) in [4.78, 5) is 4.37. The number of nitrogens with zero attached hydrogens (tertiary/aromatic N) is 1. The first-order chi connectivity index (χ1) is 6.83. The number of hydrogen-bond donors (Lipinski definition) is 2. The maximum atomic E-state index is 9.57. The van der Waals surface area contributed by atoms with E-state index in [1.165, 1.54) is 0 Å². The van der Waals surface area contributed by atoms with E-state index in [9.17, 15) is 5.11 Å². The molecular formula is C11H17BrN2O. The van der Waals surface area contributed by atoms with E-state index in [4.69, 9.17) is 0 Å². The number of anilines is 1. The Hall–Kier alpha value is -0.610. The highest BCUT2D eigenvalue weighted by atomic mass is 79.9. The summed E-state index contributed by atoms with van der Waals surface area (Å²) in [7, 11) is 0. The van der Waals surface area contributed by atoms with Crippen LogP contribution in [0.15, 0.2) is 16.6 Å². The molecule has 84 valence electrons. The van der Waals surface area contributed by atoms with Gasteiger partial charge in [0.15, 0.2) is 0 Å². The average Bonchev–Trinajstić information content (AvgIpc) is 2.10. The van der Waals surface area contributed by atoms with Crippen molar-refractivity contribution in [1.29, 1.82) is 0 Å². The fraction of sp³-hybridized carbons (Fsp3) is 0.545. The van der Waals surface area contributed by atoms with Crippen LogP contribution in [-0.2, 0) is 0 Å². The number of pyridine rings is 1. The Balaban J connectivity index is 2.86. The highest BCUT2D eigenvalue weighted by Crippen LogP contribution is 2.20. The van der Waals surface area contributed by atoms with Gasteiger partial charge in [0.05, 0.1) is 17.3 Å². The Morgan fingerprint density at radius 2 is 2.07 bits per heavy atom. The zero-order valence-electron chi connectivity index (χ0n) is 9.50.